The summed E-state index contributed by atoms with van der Waals surface area (Å²) in [6.45, 7) is 5.32. The minimum atomic E-state index is -1.96. The van der Waals surface area contributed by atoms with Crippen molar-refractivity contribution in [1.29, 1.82) is 0 Å². The molecule has 1 aliphatic heterocycles. The molecule has 0 spiro atoms. The van der Waals surface area contributed by atoms with Gasteiger partial charge in [0.1, 0.15) is 11.5 Å². The lowest BCUT2D eigenvalue weighted by Gasteiger charge is -2.33. The van der Waals surface area contributed by atoms with Crippen LogP contribution in [0.15, 0.2) is 114 Å². The molecule has 9 heteroatoms. The number of carbonyl (C=O) groups is 1. The van der Waals surface area contributed by atoms with Gasteiger partial charge >= 0.3 is 5.97 Å². The highest BCUT2D eigenvalue weighted by atomic mass is 16.5. The van der Waals surface area contributed by atoms with Crippen LogP contribution in [0.4, 0.5) is 0 Å². The predicted molar refractivity (Wildman–Crippen MR) is 208 cm³/mol. The van der Waals surface area contributed by atoms with Gasteiger partial charge in [0.2, 0.25) is 11.2 Å². The lowest BCUT2D eigenvalue weighted by atomic mass is 9.86. The normalized spacial score (nSPS) is 14.9. The van der Waals surface area contributed by atoms with Crippen molar-refractivity contribution in [3.8, 4) is 11.5 Å². The van der Waals surface area contributed by atoms with Crippen LogP contribution in [0.5, 0.6) is 11.5 Å². The van der Waals surface area contributed by atoms with Crippen molar-refractivity contribution in [2.45, 2.75) is 57.1 Å². The van der Waals surface area contributed by atoms with Gasteiger partial charge < -0.3 is 30.0 Å². The summed E-state index contributed by atoms with van der Waals surface area (Å²) in [7, 11) is 0. The zero-order chi connectivity index (χ0) is 36.9. The first-order chi connectivity index (χ1) is 25.9. The van der Waals surface area contributed by atoms with Crippen LogP contribution in [-0.4, -0.2) is 65.5 Å². The van der Waals surface area contributed by atoms with Gasteiger partial charge in [0.05, 0.1) is 18.7 Å². The third kappa shape index (κ3) is 10.1. The highest BCUT2D eigenvalue weighted by Crippen LogP contribution is 2.34. The van der Waals surface area contributed by atoms with Crippen molar-refractivity contribution in [2.75, 3.05) is 39.4 Å². The van der Waals surface area contributed by atoms with Crippen LogP contribution in [0.3, 0.4) is 0 Å². The van der Waals surface area contributed by atoms with E-state index >= 15 is 0 Å². The number of hydrogen-bond acceptors (Lipinski definition) is 8. The number of phenols is 1. The minimum Gasteiger partial charge on any atom is -0.506 e. The van der Waals surface area contributed by atoms with Gasteiger partial charge in [-0.3, -0.25) is 9.69 Å². The fourth-order valence-corrected chi connectivity index (χ4v) is 7.10. The van der Waals surface area contributed by atoms with Crippen molar-refractivity contribution in [2.24, 2.45) is 5.92 Å². The van der Waals surface area contributed by atoms with Crippen LogP contribution in [0.2, 0.25) is 0 Å². The smallest absolute Gasteiger partial charge is 0.347 e. The molecule has 0 amide bonds. The summed E-state index contributed by atoms with van der Waals surface area (Å²) in [5.74, 6) is 0.255. The first kappa shape index (κ1) is 37.8. The molecule has 1 aliphatic rings. The lowest BCUT2D eigenvalue weighted by Crippen LogP contribution is -2.40. The number of aliphatic hydroxyl groups is 1. The Morgan fingerprint density at radius 1 is 0.830 bits per heavy atom. The van der Waals surface area contributed by atoms with E-state index in [1.165, 1.54) is 11.6 Å². The standard InChI is InChI=1S/C44H51N3O6/c48-40-20-18-35(39-19-21-41(49)46-42(39)40)22-26-45-25-9-1-2-10-29-52-38-17-11-16-37(30-38)44(51,36-14-7-4-8-15-36)43(50)53-32-34-23-27-47(28-24-34)31-33-12-5-3-6-13-33/h3-8,11-21,30,34,45,48,51H,1-2,9-10,22-29,31-32H2,(H,46,49). The molecule has 5 aromatic rings. The van der Waals surface area contributed by atoms with Gasteiger partial charge in [0, 0.05) is 23.6 Å². The van der Waals surface area contributed by atoms with E-state index < -0.39 is 11.6 Å². The van der Waals surface area contributed by atoms with Gasteiger partial charge in [-0.2, -0.15) is 0 Å². The number of fused-ring (bicyclic) bond motifs is 1. The molecule has 4 N–H and O–H groups in total. The summed E-state index contributed by atoms with van der Waals surface area (Å²) in [6, 6.07) is 33.4. The van der Waals surface area contributed by atoms with E-state index in [1.54, 1.807) is 42.5 Å². The molecular weight excluding hydrogens is 666 g/mol. The molecule has 0 radical (unpaired) electrons. The fourth-order valence-electron chi connectivity index (χ4n) is 7.10. The summed E-state index contributed by atoms with van der Waals surface area (Å²) in [5.41, 5.74) is 1.55. The van der Waals surface area contributed by atoms with Gasteiger partial charge in [-0.15, -0.1) is 0 Å². The second-order valence-electron chi connectivity index (χ2n) is 14.0. The highest BCUT2D eigenvalue weighted by molar-refractivity contribution is 5.87. The maximum Gasteiger partial charge on any atom is 0.347 e. The zero-order valence-electron chi connectivity index (χ0n) is 30.3. The highest BCUT2D eigenvalue weighted by Gasteiger charge is 2.42. The molecule has 0 bridgehead atoms. The van der Waals surface area contributed by atoms with Crippen LogP contribution in [-0.2, 0) is 28.1 Å². The van der Waals surface area contributed by atoms with Gasteiger partial charge in [-0.05, 0) is 105 Å². The molecular formula is C44H51N3O6. The van der Waals surface area contributed by atoms with Crippen molar-refractivity contribution < 1.29 is 24.5 Å². The van der Waals surface area contributed by atoms with E-state index in [9.17, 15) is 19.8 Å². The number of benzene rings is 4. The number of nitrogens with one attached hydrogen (secondary N) is 2. The van der Waals surface area contributed by atoms with Gasteiger partial charge in [-0.1, -0.05) is 91.7 Å². The average Bonchev–Trinajstić information content (AvgIpc) is 3.19. The van der Waals surface area contributed by atoms with E-state index in [2.05, 4.69) is 39.5 Å². The molecule has 53 heavy (non-hydrogen) atoms. The Bertz CT molecular complexity index is 1960. The summed E-state index contributed by atoms with van der Waals surface area (Å²) >= 11 is 0. The summed E-state index contributed by atoms with van der Waals surface area (Å²) in [6.07, 6.45) is 6.67. The Balaban J connectivity index is 0.929. The number of nitrogens with zero attached hydrogens (tertiary/aromatic N) is 1. The number of ether oxygens (including phenoxy) is 2. The number of aromatic nitrogens is 1. The number of pyridine rings is 1. The van der Waals surface area contributed by atoms with Crippen LogP contribution < -0.4 is 15.6 Å². The molecule has 1 aromatic heterocycles. The SMILES string of the molecule is O=C(OCC1CCN(Cc2ccccc2)CC1)C(O)(c1ccccc1)c1cccc(OCCCCCCNCCc2ccc(O)c3[nH]c(=O)ccc23)c1. The minimum absolute atomic E-state index is 0.0803. The molecule has 1 fully saturated rings. The third-order valence-electron chi connectivity index (χ3n) is 10.2. The maximum atomic E-state index is 13.8. The second-order valence-corrected chi connectivity index (χ2v) is 14.0. The Labute approximate surface area is 311 Å². The monoisotopic (exact) mass is 717 g/mol. The molecule has 1 atom stereocenters. The lowest BCUT2D eigenvalue weighted by molar-refractivity contribution is -0.164. The molecule has 1 unspecified atom stereocenters. The zero-order valence-corrected chi connectivity index (χ0v) is 30.3. The van der Waals surface area contributed by atoms with Crippen molar-refractivity contribution in [3.05, 3.63) is 142 Å². The molecule has 0 saturated carbocycles. The maximum absolute atomic E-state index is 13.8. The fraction of sp³-hybridized carbons (Fsp3) is 0.364. The van der Waals surface area contributed by atoms with E-state index in [1.807, 2.05) is 36.4 Å². The number of likely N-dealkylation sites (tertiary alicyclic amines) is 1. The van der Waals surface area contributed by atoms with E-state index in [4.69, 9.17) is 9.47 Å². The van der Waals surface area contributed by atoms with Crippen LogP contribution >= 0.6 is 0 Å². The van der Waals surface area contributed by atoms with Crippen molar-refractivity contribution >= 4 is 16.9 Å². The Morgan fingerprint density at radius 2 is 1.57 bits per heavy atom. The molecule has 9 nitrogen and oxygen atoms in total. The first-order valence-corrected chi connectivity index (χ1v) is 18.9. The number of piperidine rings is 1. The average molecular weight is 718 g/mol. The first-order valence-electron chi connectivity index (χ1n) is 18.9. The summed E-state index contributed by atoms with van der Waals surface area (Å²) in [4.78, 5) is 30.6. The van der Waals surface area contributed by atoms with Gasteiger partial charge in [0.15, 0.2) is 0 Å². The number of phenolic OH excluding ortho intramolecular Hbond substituents is 1. The summed E-state index contributed by atoms with van der Waals surface area (Å²) in [5, 5.41) is 26.5. The number of unbranched alkanes of at least 4 members (excludes halogenated alkanes) is 3. The number of carbonyl (C=O) groups excluding carboxylic acids is 1. The topological polar surface area (TPSA) is 124 Å². The van der Waals surface area contributed by atoms with Gasteiger partial charge in [0.25, 0.3) is 0 Å². The Morgan fingerprint density at radius 3 is 2.36 bits per heavy atom. The molecule has 1 saturated heterocycles. The molecule has 4 aromatic carbocycles. The van der Waals surface area contributed by atoms with E-state index in [-0.39, 0.29) is 23.8 Å². The van der Waals surface area contributed by atoms with Crippen molar-refractivity contribution in [3.63, 3.8) is 0 Å². The molecule has 6 rings (SSSR count). The van der Waals surface area contributed by atoms with Gasteiger partial charge in [-0.25, -0.2) is 4.79 Å². The Hall–Kier alpha value is -4.96. The number of esters is 1. The predicted octanol–water partition coefficient (Wildman–Crippen LogP) is 6.70. The Kier molecular flexibility index (Phi) is 13.3. The van der Waals surface area contributed by atoms with E-state index in [0.717, 1.165) is 88.6 Å². The molecule has 278 valence electrons. The van der Waals surface area contributed by atoms with Crippen molar-refractivity contribution in [1.82, 2.24) is 15.2 Å². The number of aromatic amines is 1. The summed E-state index contributed by atoms with van der Waals surface area (Å²) < 4.78 is 12.0. The number of H-pyrrole nitrogens is 1. The quantitative estimate of drug-likeness (QED) is 0.0584. The third-order valence-corrected chi connectivity index (χ3v) is 10.2. The number of rotatable bonds is 18. The number of aromatic hydroxyl groups is 1. The molecule has 0 aliphatic carbocycles. The second kappa shape index (κ2) is 18.7. The van der Waals surface area contributed by atoms with Crippen LogP contribution in [0.25, 0.3) is 10.9 Å². The largest absolute Gasteiger partial charge is 0.506 e. The van der Waals surface area contributed by atoms with Crippen LogP contribution in [0.1, 0.15) is 60.8 Å². The van der Waals surface area contributed by atoms with E-state index in [0.29, 0.717) is 29.0 Å². The van der Waals surface area contributed by atoms with Crippen LogP contribution in [0, 0.1) is 5.92 Å². The number of hydrogen-bond donors (Lipinski definition) is 4. The molecule has 2 heterocycles.